The van der Waals surface area contributed by atoms with Gasteiger partial charge in [0.15, 0.2) is 5.16 Å². The molecule has 0 atom stereocenters. The summed E-state index contributed by atoms with van der Waals surface area (Å²) in [5, 5.41) is 1.38. The molecule has 0 saturated carbocycles. The van der Waals surface area contributed by atoms with Crippen LogP contribution in [0.25, 0.3) is 33.5 Å². The summed E-state index contributed by atoms with van der Waals surface area (Å²) >= 11 is 7.73. The molecule has 0 aliphatic rings. The second kappa shape index (κ2) is 11.7. The summed E-state index contributed by atoms with van der Waals surface area (Å²) in [6.45, 7) is 2.10. The van der Waals surface area contributed by atoms with Crippen molar-refractivity contribution in [2.45, 2.75) is 30.7 Å². The van der Waals surface area contributed by atoms with Crippen LogP contribution in [0.15, 0.2) is 108 Å². The van der Waals surface area contributed by atoms with E-state index < -0.39 is 0 Å². The molecule has 0 radical (unpaired) electrons. The smallest absolute Gasteiger partial charge is 0.188 e. The lowest BCUT2D eigenvalue weighted by atomic mass is 9.97. The average molecular weight is 525 g/mol. The van der Waals surface area contributed by atoms with Crippen LogP contribution in [0.2, 0.25) is 5.02 Å². The van der Waals surface area contributed by atoms with Crippen molar-refractivity contribution in [2.75, 3.05) is 0 Å². The third-order valence-electron chi connectivity index (χ3n) is 6.17. The molecule has 0 aliphatic carbocycles. The highest BCUT2D eigenvalue weighted by Gasteiger charge is 2.14. The first-order valence-electron chi connectivity index (χ1n) is 12.3. The molecule has 0 N–H and O–H groups in total. The molecule has 0 saturated heterocycles. The van der Waals surface area contributed by atoms with Gasteiger partial charge in [0.2, 0.25) is 0 Å². The minimum absolute atomic E-state index is 0.192. The standard InChI is InChI=1S/C32H26ClFN2S/c1-2-6-22-9-18-28(30(34)19-22)24-10-12-26(13-11-24)31-29(25-14-16-27(33)17-15-25)20-35-32(36-31)37-21-23-7-4-3-5-8-23/h3-5,7-20H,2,6,21H2,1H3. The van der Waals surface area contributed by atoms with Gasteiger partial charge < -0.3 is 0 Å². The van der Waals surface area contributed by atoms with Crippen LogP contribution in [0, 0.1) is 5.82 Å². The average Bonchev–Trinajstić information content (AvgIpc) is 2.93. The molecule has 1 aromatic heterocycles. The summed E-state index contributed by atoms with van der Waals surface area (Å²) in [6, 6.07) is 31.4. The van der Waals surface area contributed by atoms with Crippen molar-refractivity contribution in [3.63, 3.8) is 0 Å². The molecule has 184 valence electrons. The van der Waals surface area contributed by atoms with Gasteiger partial charge in [-0.2, -0.15) is 0 Å². The Hall–Kier alpha value is -3.47. The lowest BCUT2D eigenvalue weighted by Gasteiger charge is -2.12. The van der Waals surface area contributed by atoms with Crippen molar-refractivity contribution < 1.29 is 4.39 Å². The SMILES string of the molecule is CCCc1ccc(-c2ccc(-c3nc(SCc4ccccc4)ncc3-c3ccc(Cl)cc3)cc2)c(F)c1. The minimum atomic E-state index is -0.192. The van der Waals surface area contributed by atoms with E-state index >= 15 is 0 Å². The van der Waals surface area contributed by atoms with Crippen LogP contribution < -0.4 is 0 Å². The second-order valence-electron chi connectivity index (χ2n) is 8.84. The van der Waals surface area contributed by atoms with E-state index in [1.807, 2.05) is 85.1 Å². The summed E-state index contributed by atoms with van der Waals surface area (Å²) < 4.78 is 14.8. The van der Waals surface area contributed by atoms with Gasteiger partial charge in [-0.15, -0.1) is 0 Å². The Balaban J connectivity index is 1.49. The molecule has 4 aromatic carbocycles. The molecule has 37 heavy (non-hydrogen) atoms. The monoisotopic (exact) mass is 524 g/mol. The first-order chi connectivity index (χ1) is 18.1. The fourth-order valence-electron chi connectivity index (χ4n) is 4.26. The second-order valence-corrected chi connectivity index (χ2v) is 10.2. The number of aryl methyl sites for hydroxylation is 1. The van der Waals surface area contributed by atoms with E-state index in [2.05, 4.69) is 24.0 Å². The molecular formula is C32H26ClFN2S. The molecule has 0 aliphatic heterocycles. The number of halogens is 2. The third-order valence-corrected chi connectivity index (χ3v) is 7.36. The molecule has 0 unspecified atom stereocenters. The Morgan fingerprint density at radius 1 is 0.757 bits per heavy atom. The number of hydrogen-bond donors (Lipinski definition) is 0. The first kappa shape index (κ1) is 25.2. The maximum atomic E-state index is 14.8. The molecule has 5 heteroatoms. The Morgan fingerprint density at radius 2 is 1.43 bits per heavy atom. The highest BCUT2D eigenvalue weighted by Crippen LogP contribution is 2.34. The highest BCUT2D eigenvalue weighted by molar-refractivity contribution is 7.98. The number of nitrogens with zero attached hydrogens (tertiary/aromatic N) is 2. The maximum absolute atomic E-state index is 14.8. The number of benzene rings is 4. The molecule has 0 fully saturated rings. The van der Waals surface area contributed by atoms with Crippen molar-refractivity contribution in [1.29, 1.82) is 0 Å². The molecular weight excluding hydrogens is 499 g/mol. The molecule has 2 nitrogen and oxygen atoms in total. The summed E-state index contributed by atoms with van der Waals surface area (Å²) in [5.41, 5.74) is 7.37. The van der Waals surface area contributed by atoms with Gasteiger partial charge in [0.1, 0.15) is 5.82 Å². The van der Waals surface area contributed by atoms with Crippen LogP contribution in [0.3, 0.4) is 0 Å². The maximum Gasteiger partial charge on any atom is 0.188 e. The van der Waals surface area contributed by atoms with Gasteiger partial charge >= 0.3 is 0 Å². The van der Waals surface area contributed by atoms with E-state index in [0.717, 1.165) is 52.1 Å². The normalized spacial score (nSPS) is 11.0. The van der Waals surface area contributed by atoms with E-state index in [0.29, 0.717) is 15.7 Å². The zero-order valence-electron chi connectivity index (χ0n) is 20.5. The molecule has 0 bridgehead atoms. The Labute approximate surface area is 226 Å². The van der Waals surface area contributed by atoms with Gasteiger partial charge in [-0.3, -0.25) is 0 Å². The van der Waals surface area contributed by atoms with Crippen molar-refractivity contribution in [3.8, 4) is 33.5 Å². The number of rotatable bonds is 8. The van der Waals surface area contributed by atoms with E-state index in [1.165, 1.54) is 5.56 Å². The summed E-state index contributed by atoms with van der Waals surface area (Å²) in [4.78, 5) is 9.60. The molecule has 0 spiro atoms. The molecule has 5 aromatic rings. The third kappa shape index (κ3) is 6.10. The zero-order chi connectivity index (χ0) is 25.6. The van der Waals surface area contributed by atoms with Gasteiger partial charge in [-0.1, -0.05) is 116 Å². The van der Waals surface area contributed by atoms with Crippen molar-refractivity contribution in [2.24, 2.45) is 0 Å². The van der Waals surface area contributed by atoms with Crippen LogP contribution >= 0.6 is 23.4 Å². The number of hydrogen-bond acceptors (Lipinski definition) is 3. The zero-order valence-corrected chi connectivity index (χ0v) is 22.1. The van der Waals surface area contributed by atoms with Crippen molar-refractivity contribution >= 4 is 23.4 Å². The van der Waals surface area contributed by atoms with Crippen LogP contribution in [0.4, 0.5) is 4.39 Å². The molecule has 0 amide bonds. The van der Waals surface area contributed by atoms with E-state index in [4.69, 9.17) is 16.6 Å². The molecule has 5 rings (SSSR count). The van der Waals surface area contributed by atoms with Crippen molar-refractivity contribution in [3.05, 3.63) is 125 Å². The van der Waals surface area contributed by atoms with Crippen LogP contribution in [-0.2, 0) is 12.2 Å². The Morgan fingerprint density at radius 3 is 2.14 bits per heavy atom. The largest absolute Gasteiger partial charge is 0.230 e. The van der Waals surface area contributed by atoms with E-state index in [9.17, 15) is 4.39 Å². The fourth-order valence-corrected chi connectivity index (χ4v) is 5.16. The Bertz CT molecular complexity index is 1490. The van der Waals surface area contributed by atoms with Gasteiger partial charge in [0.25, 0.3) is 0 Å². The van der Waals surface area contributed by atoms with E-state index in [1.54, 1.807) is 17.8 Å². The van der Waals surface area contributed by atoms with Gasteiger partial charge in [0.05, 0.1) is 5.69 Å². The number of aromatic nitrogens is 2. The van der Waals surface area contributed by atoms with Gasteiger partial charge in [0, 0.05) is 33.7 Å². The summed E-state index contributed by atoms with van der Waals surface area (Å²) in [5.74, 6) is 0.592. The first-order valence-corrected chi connectivity index (χ1v) is 13.7. The predicted octanol–water partition coefficient (Wildman–Crippen LogP) is 9.51. The molecule has 1 heterocycles. The summed E-state index contributed by atoms with van der Waals surface area (Å²) in [6.07, 6.45) is 3.74. The lowest BCUT2D eigenvalue weighted by molar-refractivity contribution is 0.628. The van der Waals surface area contributed by atoms with Crippen LogP contribution in [0.1, 0.15) is 24.5 Å². The fraction of sp³-hybridized carbons (Fsp3) is 0.125. The van der Waals surface area contributed by atoms with E-state index in [-0.39, 0.29) is 5.82 Å². The lowest BCUT2D eigenvalue weighted by Crippen LogP contribution is -1.96. The number of thioether (sulfide) groups is 1. The van der Waals surface area contributed by atoms with Crippen LogP contribution in [0.5, 0.6) is 0 Å². The topological polar surface area (TPSA) is 25.8 Å². The van der Waals surface area contributed by atoms with Crippen molar-refractivity contribution in [1.82, 2.24) is 9.97 Å². The summed E-state index contributed by atoms with van der Waals surface area (Å²) in [7, 11) is 0. The predicted molar refractivity (Wildman–Crippen MR) is 153 cm³/mol. The Kier molecular flexibility index (Phi) is 7.98. The minimum Gasteiger partial charge on any atom is -0.230 e. The van der Waals surface area contributed by atoms with Gasteiger partial charge in [-0.25, -0.2) is 14.4 Å². The quantitative estimate of drug-likeness (QED) is 0.149. The highest BCUT2D eigenvalue weighted by atomic mass is 35.5. The van der Waals surface area contributed by atoms with Crippen LogP contribution in [-0.4, -0.2) is 9.97 Å². The van der Waals surface area contributed by atoms with Gasteiger partial charge in [-0.05, 0) is 46.9 Å².